The molecule has 3 aromatic rings. The average Bonchev–Trinajstić information content (AvgIpc) is 3.39. The highest BCUT2D eigenvalue weighted by atomic mass is 32.2. The fourth-order valence-electron chi connectivity index (χ4n) is 3.76. The van der Waals surface area contributed by atoms with Crippen LogP contribution in [0.1, 0.15) is 29.7 Å². The standard InChI is InChI=1S/C22H23N3O2S/c1-15-6-7-20-16(10-15)11-17-13-25(14-19-5-3-9-27-19)22(28-21(17)24-20)23-12-18-4-2-8-26-18/h3,5-7,9-11,18H,2,4,8,12-14H2,1H3. The zero-order chi connectivity index (χ0) is 18.9. The molecule has 2 aliphatic rings. The van der Waals surface area contributed by atoms with Gasteiger partial charge in [0.1, 0.15) is 10.8 Å². The molecule has 0 aliphatic carbocycles. The third-order valence-corrected chi connectivity index (χ3v) is 6.33. The first-order valence-corrected chi connectivity index (χ1v) is 10.6. The lowest BCUT2D eigenvalue weighted by Crippen LogP contribution is -2.32. The van der Waals surface area contributed by atoms with Gasteiger partial charge >= 0.3 is 0 Å². The van der Waals surface area contributed by atoms with Crippen molar-refractivity contribution >= 4 is 27.8 Å². The normalized spacial score (nSPS) is 20.8. The van der Waals surface area contributed by atoms with Crippen LogP contribution in [0.25, 0.3) is 10.9 Å². The van der Waals surface area contributed by atoms with Gasteiger partial charge < -0.3 is 14.1 Å². The van der Waals surface area contributed by atoms with Crippen molar-refractivity contribution in [2.45, 2.75) is 44.0 Å². The van der Waals surface area contributed by atoms with E-state index < -0.39 is 0 Å². The van der Waals surface area contributed by atoms with Crippen LogP contribution in [0.15, 0.2) is 57.1 Å². The minimum atomic E-state index is 0.243. The molecule has 0 saturated carbocycles. The molecule has 28 heavy (non-hydrogen) atoms. The van der Waals surface area contributed by atoms with Gasteiger partial charge in [0.25, 0.3) is 0 Å². The number of rotatable bonds is 4. The summed E-state index contributed by atoms with van der Waals surface area (Å²) in [4.78, 5) is 12.1. The van der Waals surface area contributed by atoms with Gasteiger partial charge in [0.2, 0.25) is 0 Å². The van der Waals surface area contributed by atoms with Crippen LogP contribution in [0.4, 0.5) is 0 Å². The van der Waals surface area contributed by atoms with Crippen LogP contribution in [0.3, 0.4) is 0 Å². The Morgan fingerprint density at radius 2 is 2.25 bits per heavy atom. The summed E-state index contributed by atoms with van der Waals surface area (Å²) in [6.07, 6.45) is 4.20. The molecule has 2 aliphatic heterocycles. The fraction of sp³-hybridized carbons (Fsp3) is 0.364. The quantitative estimate of drug-likeness (QED) is 0.638. The van der Waals surface area contributed by atoms with Gasteiger partial charge in [-0.15, -0.1) is 0 Å². The molecule has 0 N–H and O–H groups in total. The summed E-state index contributed by atoms with van der Waals surface area (Å²) in [5, 5.41) is 3.24. The number of aryl methyl sites for hydroxylation is 1. The number of thioether (sulfide) groups is 1. The predicted molar refractivity (Wildman–Crippen MR) is 112 cm³/mol. The maximum absolute atomic E-state index is 5.75. The molecule has 0 radical (unpaired) electrons. The minimum Gasteiger partial charge on any atom is -0.467 e. The Morgan fingerprint density at radius 1 is 1.29 bits per heavy atom. The number of aliphatic imine (C=N–C) groups is 1. The molecule has 0 spiro atoms. The summed E-state index contributed by atoms with van der Waals surface area (Å²) in [6, 6.07) is 12.6. The number of pyridine rings is 1. The largest absolute Gasteiger partial charge is 0.467 e. The van der Waals surface area contributed by atoms with E-state index in [0.717, 1.165) is 47.5 Å². The molecule has 1 saturated heterocycles. The first-order chi connectivity index (χ1) is 13.7. The maximum Gasteiger partial charge on any atom is 0.166 e. The van der Waals surface area contributed by atoms with Gasteiger partial charge in [-0.2, -0.15) is 0 Å². The van der Waals surface area contributed by atoms with Crippen LogP contribution in [0.2, 0.25) is 0 Å². The number of nitrogens with zero attached hydrogens (tertiary/aromatic N) is 3. The molecule has 1 fully saturated rings. The molecule has 5 nitrogen and oxygen atoms in total. The number of hydrogen-bond acceptors (Lipinski definition) is 5. The molecule has 2 aromatic heterocycles. The molecule has 0 bridgehead atoms. The molecular weight excluding hydrogens is 370 g/mol. The Bertz CT molecular complexity index is 1010. The lowest BCUT2D eigenvalue weighted by atomic mass is 10.1. The van der Waals surface area contributed by atoms with Gasteiger partial charge in [-0.25, -0.2) is 4.98 Å². The van der Waals surface area contributed by atoms with Crippen LogP contribution in [0, 0.1) is 6.92 Å². The van der Waals surface area contributed by atoms with Crippen molar-refractivity contribution in [3.63, 3.8) is 0 Å². The van der Waals surface area contributed by atoms with E-state index in [1.54, 1.807) is 18.0 Å². The molecule has 6 heteroatoms. The van der Waals surface area contributed by atoms with E-state index in [1.807, 2.05) is 12.1 Å². The van der Waals surface area contributed by atoms with Crippen LogP contribution in [0.5, 0.6) is 0 Å². The smallest absolute Gasteiger partial charge is 0.166 e. The Morgan fingerprint density at radius 3 is 3.07 bits per heavy atom. The third kappa shape index (κ3) is 3.66. The van der Waals surface area contributed by atoms with E-state index in [0.29, 0.717) is 13.1 Å². The molecule has 1 aromatic carbocycles. The third-order valence-electron chi connectivity index (χ3n) is 5.21. The Hall–Kier alpha value is -2.31. The molecule has 5 rings (SSSR count). The highest BCUT2D eigenvalue weighted by Gasteiger charge is 2.26. The number of hydrogen-bond donors (Lipinski definition) is 0. The van der Waals surface area contributed by atoms with E-state index in [1.165, 1.54) is 16.5 Å². The predicted octanol–water partition coefficient (Wildman–Crippen LogP) is 4.78. The van der Waals surface area contributed by atoms with Gasteiger partial charge in [0.05, 0.1) is 31.0 Å². The minimum absolute atomic E-state index is 0.243. The first kappa shape index (κ1) is 17.8. The monoisotopic (exact) mass is 393 g/mol. The summed E-state index contributed by atoms with van der Waals surface area (Å²) in [5.74, 6) is 0.943. The topological polar surface area (TPSA) is 50.9 Å². The molecule has 0 amide bonds. The van der Waals surface area contributed by atoms with Crippen molar-refractivity contribution in [1.29, 1.82) is 0 Å². The number of furan rings is 1. The number of fused-ring (bicyclic) bond motifs is 2. The van der Waals surface area contributed by atoms with Gasteiger partial charge in [0, 0.05) is 24.1 Å². The van der Waals surface area contributed by atoms with Crippen LogP contribution >= 0.6 is 11.8 Å². The van der Waals surface area contributed by atoms with Crippen molar-refractivity contribution in [3.8, 4) is 0 Å². The summed E-state index contributed by atoms with van der Waals surface area (Å²) in [7, 11) is 0. The molecule has 144 valence electrons. The second kappa shape index (κ2) is 7.60. The van der Waals surface area contributed by atoms with Gasteiger partial charge in [0.15, 0.2) is 5.17 Å². The molecule has 1 atom stereocenters. The van der Waals surface area contributed by atoms with Crippen molar-refractivity contribution in [2.24, 2.45) is 4.99 Å². The lowest BCUT2D eigenvalue weighted by Gasteiger charge is -2.30. The number of amidine groups is 1. The van der Waals surface area contributed by atoms with Crippen molar-refractivity contribution < 1.29 is 9.15 Å². The molecular formula is C22H23N3O2S. The molecule has 4 heterocycles. The van der Waals surface area contributed by atoms with Crippen LogP contribution in [-0.2, 0) is 17.8 Å². The average molecular weight is 394 g/mol. The van der Waals surface area contributed by atoms with Crippen LogP contribution < -0.4 is 0 Å². The van der Waals surface area contributed by atoms with E-state index >= 15 is 0 Å². The zero-order valence-corrected chi connectivity index (χ0v) is 16.7. The first-order valence-electron chi connectivity index (χ1n) is 9.76. The Kier molecular flexibility index (Phi) is 4.82. The second-order valence-corrected chi connectivity index (χ2v) is 8.40. The van der Waals surface area contributed by atoms with Gasteiger partial charge in [-0.05, 0) is 61.9 Å². The van der Waals surface area contributed by atoms with Gasteiger partial charge in [-0.1, -0.05) is 11.6 Å². The van der Waals surface area contributed by atoms with E-state index in [9.17, 15) is 0 Å². The zero-order valence-electron chi connectivity index (χ0n) is 15.9. The summed E-state index contributed by atoms with van der Waals surface area (Å²) < 4.78 is 11.3. The van der Waals surface area contributed by atoms with Crippen LogP contribution in [-0.4, -0.2) is 34.3 Å². The number of aromatic nitrogens is 1. The van der Waals surface area contributed by atoms with Crippen molar-refractivity contribution in [3.05, 3.63) is 59.5 Å². The fourth-order valence-corrected chi connectivity index (χ4v) is 4.73. The number of ether oxygens (including phenoxy) is 1. The summed E-state index contributed by atoms with van der Waals surface area (Å²) in [5.41, 5.74) is 3.53. The highest BCUT2D eigenvalue weighted by Crippen LogP contribution is 2.34. The number of benzene rings is 1. The molecule has 1 unspecified atom stereocenters. The van der Waals surface area contributed by atoms with E-state index in [4.69, 9.17) is 19.1 Å². The second-order valence-electron chi connectivity index (χ2n) is 7.44. The maximum atomic E-state index is 5.75. The lowest BCUT2D eigenvalue weighted by molar-refractivity contribution is 0.117. The van der Waals surface area contributed by atoms with Gasteiger partial charge in [-0.3, -0.25) is 4.99 Å². The van der Waals surface area contributed by atoms with E-state index in [-0.39, 0.29) is 6.10 Å². The summed E-state index contributed by atoms with van der Waals surface area (Å²) in [6.45, 7) is 5.17. The highest BCUT2D eigenvalue weighted by molar-refractivity contribution is 8.13. The van der Waals surface area contributed by atoms with Crippen molar-refractivity contribution in [1.82, 2.24) is 9.88 Å². The SMILES string of the molecule is Cc1ccc2nc3c(cc2c1)CN(Cc1ccco1)C(=NCC1CCCO1)S3. The summed E-state index contributed by atoms with van der Waals surface area (Å²) >= 11 is 1.66. The Labute approximate surface area is 168 Å². The van der Waals surface area contributed by atoms with Crippen molar-refractivity contribution in [2.75, 3.05) is 13.2 Å². The Balaban J connectivity index is 1.47. The van der Waals surface area contributed by atoms with E-state index in [2.05, 4.69) is 36.1 Å².